The van der Waals surface area contributed by atoms with Gasteiger partial charge >= 0.3 is 5.97 Å². The molecular formula is C23H22ClN3O3. The molecule has 7 heteroatoms. The SMILES string of the molecule is Cc1cc(CCC(=O)O)ccc1-c1noc(-c2cc(Cl)c3c(ccn3C(C)C)c2)n1. The summed E-state index contributed by atoms with van der Waals surface area (Å²) in [6.07, 6.45) is 2.62. The fourth-order valence-electron chi connectivity index (χ4n) is 3.64. The standard InChI is InChI=1S/C23H22ClN3O3/c1-13(2)27-9-8-16-11-17(12-19(24)21(16)27)23-25-22(26-30-23)18-6-4-15(10-14(18)3)5-7-20(28)29/h4,6,8-13H,5,7H2,1-3H3,(H,28,29). The number of carboxylic acids is 1. The zero-order valence-corrected chi connectivity index (χ0v) is 17.8. The van der Waals surface area contributed by atoms with Crippen molar-refractivity contribution in [1.29, 1.82) is 0 Å². The zero-order chi connectivity index (χ0) is 21.4. The summed E-state index contributed by atoms with van der Waals surface area (Å²) in [5.41, 5.74) is 4.54. The van der Waals surface area contributed by atoms with E-state index in [-0.39, 0.29) is 6.42 Å². The van der Waals surface area contributed by atoms with Gasteiger partial charge in [-0.2, -0.15) is 4.98 Å². The lowest BCUT2D eigenvalue weighted by Gasteiger charge is -2.10. The molecule has 0 saturated heterocycles. The van der Waals surface area contributed by atoms with Crippen LogP contribution in [0, 0.1) is 6.92 Å². The van der Waals surface area contributed by atoms with E-state index in [0.717, 1.165) is 33.2 Å². The molecule has 0 bridgehead atoms. The summed E-state index contributed by atoms with van der Waals surface area (Å²) < 4.78 is 7.66. The van der Waals surface area contributed by atoms with Gasteiger partial charge in [0.2, 0.25) is 5.82 Å². The topological polar surface area (TPSA) is 81.1 Å². The Balaban J connectivity index is 1.65. The highest BCUT2D eigenvalue weighted by Gasteiger charge is 2.16. The maximum atomic E-state index is 10.8. The Morgan fingerprint density at radius 2 is 2.03 bits per heavy atom. The van der Waals surface area contributed by atoms with Crippen LogP contribution in [0.15, 0.2) is 47.1 Å². The lowest BCUT2D eigenvalue weighted by atomic mass is 10.0. The van der Waals surface area contributed by atoms with Crippen molar-refractivity contribution in [3.63, 3.8) is 0 Å². The average Bonchev–Trinajstić information content (AvgIpc) is 3.34. The lowest BCUT2D eigenvalue weighted by Crippen LogP contribution is -1.98. The second kappa shape index (κ2) is 7.95. The van der Waals surface area contributed by atoms with Crippen LogP contribution in [0.5, 0.6) is 0 Å². The quantitative estimate of drug-likeness (QED) is 0.416. The fourth-order valence-corrected chi connectivity index (χ4v) is 3.97. The molecule has 0 atom stereocenters. The van der Waals surface area contributed by atoms with Crippen LogP contribution in [0.4, 0.5) is 0 Å². The van der Waals surface area contributed by atoms with Crippen LogP contribution in [0.1, 0.15) is 37.4 Å². The van der Waals surface area contributed by atoms with Crippen molar-refractivity contribution in [1.82, 2.24) is 14.7 Å². The molecule has 6 nitrogen and oxygen atoms in total. The number of halogens is 1. The Bertz CT molecular complexity index is 1240. The minimum Gasteiger partial charge on any atom is -0.481 e. The van der Waals surface area contributed by atoms with Crippen LogP contribution in [0.2, 0.25) is 5.02 Å². The van der Waals surface area contributed by atoms with E-state index in [0.29, 0.717) is 29.2 Å². The second-order valence-corrected chi connectivity index (χ2v) is 8.09. The first kappa shape index (κ1) is 20.2. The number of aromatic nitrogens is 3. The van der Waals surface area contributed by atoms with Gasteiger partial charge in [0.15, 0.2) is 0 Å². The Kier molecular flexibility index (Phi) is 5.35. The van der Waals surface area contributed by atoms with Crippen LogP contribution in [0.3, 0.4) is 0 Å². The lowest BCUT2D eigenvalue weighted by molar-refractivity contribution is -0.136. The van der Waals surface area contributed by atoms with Crippen molar-refractivity contribution in [2.45, 2.75) is 39.7 Å². The molecule has 2 aromatic heterocycles. The van der Waals surface area contributed by atoms with Crippen molar-refractivity contribution in [2.24, 2.45) is 0 Å². The van der Waals surface area contributed by atoms with Crippen molar-refractivity contribution in [3.8, 4) is 22.8 Å². The first-order valence-electron chi connectivity index (χ1n) is 9.79. The van der Waals surface area contributed by atoms with E-state index in [9.17, 15) is 4.79 Å². The Hall–Kier alpha value is -3.12. The Labute approximate surface area is 179 Å². The minimum atomic E-state index is -0.807. The molecule has 0 aliphatic heterocycles. The van der Waals surface area contributed by atoms with Crippen LogP contribution >= 0.6 is 11.6 Å². The highest BCUT2D eigenvalue weighted by Crippen LogP contribution is 2.33. The van der Waals surface area contributed by atoms with E-state index in [1.54, 1.807) is 0 Å². The number of hydrogen-bond acceptors (Lipinski definition) is 4. The van der Waals surface area contributed by atoms with Crippen molar-refractivity contribution in [3.05, 3.63) is 58.7 Å². The number of aliphatic carboxylic acids is 1. The Morgan fingerprint density at radius 3 is 2.73 bits per heavy atom. The summed E-state index contributed by atoms with van der Waals surface area (Å²) in [5, 5.41) is 14.7. The molecule has 154 valence electrons. The normalized spacial score (nSPS) is 11.5. The summed E-state index contributed by atoms with van der Waals surface area (Å²) in [4.78, 5) is 15.3. The monoisotopic (exact) mass is 423 g/mol. The van der Waals surface area contributed by atoms with E-state index < -0.39 is 5.97 Å². The second-order valence-electron chi connectivity index (χ2n) is 7.68. The first-order valence-corrected chi connectivity index (χ1v) is 10.2. The summed E-state index contributed by atoms with van der Waals surface area (Å²) in [7, 11) is 0. The van der Waals surface area contributed by atoms with Crippen molar-refractivity contribution >= 4 is 28.5 Å². The van der Waals surface area contributed by atoms with E-state index in [2.05, 4.69) is 28.6 Å². The number of hydrogen-bond donors (Lipinski definition) is 1. The molecule has 30 heavy (non-hydrogen) atoms. The van der Waals surface area contributed by atoms with Crippen LogP contribution in [-0.2, 0) is 11.2 Å². The highest BCUT2D eigenvalue weighted by molar-refractivity contribution is 6.35. The number of fused-ring (bicyclic) bond motifs is 1. The molecule has 2 aromatic carbocycles. The molecule has 0 spiro atoms. The van der Waals surface area contributed by atoms with E-state index in [1.807, 2.05) is 49.5 Å². The average molecular weight is 424 g/mol. The molecule has 2 heterocycles. The predicted molar refractivity (Wildman–Crippen MR) is 117 cm³/mol. The molecule has 0 aliphatic carbocycles. The molecule has 1 N–H and O–H groups in total. The van der Waals surface area contributed by atoms with Gasteiger partial charge in [-0.15, -0.1) is 0 Å². The molecular weight excluding hydrogens is 402 g/mol. The summed E-state index contributed by atoms with van der Waals surface area (Å²) in [6, 6.07) is 12.0. The van der Waals surface area contributed by atoms with Gasteiger partial charge in [0.25, 0.3) is 5.89 Å². The smallest absolute Gasteiger partial charge is 0.303 e. The van der Waals surface area contributed by atoms with Crippen LogP contribution in [0.25, 0.3) is 33.7 Å². The highest BCUT2D eigenvalue weighted by atomic mass is 35.5. The third-order valence-corrected chi connectivity index (χ3v) is 5.44. The van der Waals surface area contributed by atoms with Gasteiger partial charge in [-0.25, -0.2) is 0 Å². The summed E-state index contributed by atoms with van der Waals surface area (Å²) in [5.74, 6) is 0.0858. The molecule has 0 saturated carbocycles. The number of nitrogens with zero attached hydrogens (tertiary/aromatic N) is 3. The number of benzene rings is 2. The van der Waals surface area contributed by atoms with Crippen LogP contribution < -0.4 is 0 Å². The molecule has 4 aromatic rings. The van der Waals surface area contributed by atoms with E-state index >= 15 is 0 Å². The molecule has 0 aliphatic rings. The predicted octanol–water partition coefficient (Wildman–Crippen LogP) is 5.92. The maximum Gasteiger partial charge on any atom is 0.303 e. The van der Waals surface area contributed by atoms with Crippen molar-refractivity contribution < 1.29 is 14.4 Å². The largest absolute Gasteiger partial charge is 0.481 e. The summed E-state index contributed by atoms with van der Waals surface area (Å²) in [6.45, 7) is 6.18. The number of aryl methyl sites for hydroxylation is 2. The van der Waals surface area contributed by atoms with Crippen molar-refractivity contribution in [2.75, 3.05) is 0 Å². The van der Waals surface area contributed by atoms with Gasteiger partial charge < -0.3 is 14.2 Å². The first-order chi connectivity index (χ1) is 14.3. The molecule has 0 radical (unpaired) electrons. The zero-order valence-electron chi connectivity index (χ0n) is 17.0. The number of rotatable bonds is 6. The minimum absolute atomic E-state index is 0.104. The van der Waals surface area contributed by atoms with Gasteiger partial charge in [-0.05, 0) is 56.5 Å². The Morgan fingerprint density at radius 1 is 1.23 bits per heavy atom. The maximum absolute atomic E-state index is 10.8. The fraction of sp³-hybridized carbons (Fsp3) is 0.261. The van der Waals surface area contributed by atoms with E-state index in [4.69, 9.17) is 21.2 Å². The molecule has 0 fully saturated rings. The van der Waals surface area contributed by atoms with Gasteiger partial charge in [0.05, 0.1) is 10.5 Å². The van der Waals surface area contributed by atoms with Crippen LogP contribution in [-0.4, -0.2) is 25.8 Å². The third-order valence-electron chi connectivity index (χ3n) is 5.15. The van der Waals surface area contributed by atoms with Gasteiger partial charge in [0.1, 0.15) is 0 Å². The number of carboxylic acid groups (broad SMARTS) is 1. The van der Waals surface area contributed by atoms with E-state index in [1.165, 1.54) is 0 Å². The molecule has 0 amide bonds. The number of carbonyl (C=O) groups is 1. The van der Waals surface area contributed by atoms with Gasteiger partial charge in [-0.1, -0.05) is 35.0 Å². The third kappa shape index (κ3) is 3.83. The van der Waals surface area contributed by atoms with Gasteiger partial charge in [0, 0.05) is 35.2 Å². The summed E-state index contributed by atoms with van der Waals surface area (Å²) >= 11 is 6.57. The molecule has 0 unspecified atom stereocenters. The van der Waals surface area contributed by atoms with Gasteiger partial charge in [-0.3, -0.25) is 4.79 Å². The molecule has 4 rings (SSSR count).